The third-order valence-electron chi connectivity index (χ3n) is 4.11. The van der Waals surface area contributed by atoms with Crippen LogP contribution in [-0.2, 0) is 7.05 Å². The van der Waals surface area contributed by atoms with Crippen molar-refractivity contribution in [2.24, 2.45) is 7.05 Å². The van der Waals surface area contributed by atoms with Gasteiger partial charge < -0.3 is 9.88 Å². The maximum absolute atomic E-state index is 4.14. The third kappa shape index (κ3) is 8.20. The lowest BCUT2D eigenvalue weighted by molar-refractivity contribution is 0.497. The monoisotopic (exact) mass is 294 g/mol. The van der Waals surface area contributed by atoms with Crippen molar-refractivity contribution in [1.29, 1.82) is 0 Å². The van der Waals surface area contributed by atoms with Crippen LogP contribution in [-0.4, -0.2) is 21.3 Å². The second kappa shape index (κ2) is 11.7. The summed E-state index contributed by atoms with van der Waals surface area (Å²) in [4.78, 5) is 0. The lowest BCUT2D eigenvalue weighted by Gasteiger charge is -2.12. The van der Waals surface area contributed by atoms with Gasteiger partial charge in [0, 0.05) is 7.05 Å². The molecule has 0 aliphatic heterocycles. The van der Waals surface area contributed by atoms with E-state index in [1.165, 1.54) is 64.2 Å². The normalized spacial score (nSPS) is 12.7. The first-order chi connectivity index (χ1) is 10.3. The third-order valence-corrected chi connectivity index (χ3v) is 4.11. The highest BCUT2D eigenvalue weighted by Crippen LogP contribution is 2.11. The average molecular weight is 294 g/mol. The predicted octanol–water partition coefficient (Wildman–Crippen LogP) is 4.39. The van der Waals surface area contributed by atoms with E-state index >= 15 is 0 Å². The summed E-state index contributed by atoms with van der Waals surface area (Å²) in [5, 5.41) is 11.6. The van der Waals surface area contributed by atoms with Crippen LogP contribution in [0, 0.1) is 0 Å². The van der Waals surface area contributed by atoms with E-state index in [0.717, 1.165) is 12.4 Å². The Morgan fingerprint density at radius 3 is 2.10 bits per heavy atom. The van der Waals surface area contributed by atoms with Crippen molar-refractivity contribution < 1.29 is 0 Å². The van der Waals surface area contributed by atoms with Gasteiger partial charge in [-0.3, -0.25) is 0 Å². The number of aromatic nitrogens is 3. The van der Waals surface area contributed by atoms with Gasteiger partial charge in [-0.25, -0.2) is 0 Å². The van der Waals surface area contributed by atoms with E-state index in [1.54, 1.807) is 6.33 Å². The molecule has 122 valence electrons. The maximum atomic E-state index is 4.14. The van der Waals surface area contributed by atoms with Crippen LogP contribution < -0.4 is 5.32 Å². The Balaban J connectivity index is 1.88. The molecule has 1 atom stereocenters. The summed E-state index contributed by atoms with van der Waals surface area (Å²) >= 11 is 0. The van der Waals surface area contributed by atoms with E-state index < -0.39 is 0 Å². The Morgan fingerprint density at radius 1 is 1.00 bits per heavy atom. The highest BCUT2D eigenvalue weighted by molar-refractivity contribution is 4.91. The minimum atomic E-state index is 0.288. The first-order valence-corrected chi connectivity index (χ1v) is 8.83. The first-order valence-electron chi connectivity index (χ1n) is 8.83. The van der Waals surface area contributed by atoms with Crippen LogP contribution in [0.15, 0.2) is 6.33 Å². The van der Waals surface area contributed by atoms with Gasteiger partial charge >= 0.3 is 0 Å². The zero-order chi connectivity index (χ0) is 15.3. The molecule has 0 aromatic carbocycles. The van der Waals surface area contributed by atoms with Crippen LogP contribution >= 0.6 is 0 Å². The molecular formula is C17H34N4. The summed E-state index contributed by atoms with van der Waals surface area (Å²) in [6, 6.07) is 0.288. The summed E-state index contributed by atoms with van der Waals surface area (Å²) in [7, 11) is 1.99. The van der Waals surface area contributed by atoms with Crippen molar-refractivity contribution in [3.05, 3.63) is 12.2 Å². The fourth-order valence-electron chi connectivity index (χ4n) is 2.71. The number of nitrogens with zero attached hydrogens (tertiary/aromatic N) is 3. The van der Waals surface area contributed by atoms with Crippen LogP contribution in [0.1, 0.15) is 89.9 Å². The van der Waals surface area contributed by atoms with Crippen LogP contribution in [0.2, 0.25) is 0 Å². The number of aryl methyl sites for hydroxylation is 1. The van der Waals surface area contributed by atoms with Gasteiger partial charge in [0.25, 0.3) is 0 Å². The Hall–Kier alpha value is -0.900. The molecule has 0 saturated heterocycles. The standard InChI is InChI=1S/C17H34N4/c1-4-5-6-7-8-9-10-11-12-13-14-18-16(2)17-20-19-15-21(17)3/h15-16,18H,4-14H2,1-3H3. The number of hydrogen-bond donors (Lipinski definition) is 1. The van der Waals surface area contributed by atoms with Gasteiger partial charge in [0.15, 0.2) is 0 Å². The number of unbranched alkanes of at least 4 members (excludes halogenated alkanes) is 9. The summed E-state index contributed by atoms with van der Waals surface area (Å²) in [5.41, 5.74) is 0. The van der Waals surface area contributed by atoms with Gasteiger partial charge in [0.2, 0.25) is 0 Å². The molecule has 1 heterocycles. The SMILES string of the molecule is CCCCCCCCCCCCNC(C)c1nncn1C. The minimum absolute atomic E-state index is 0.288. The Kier molecular flexibility index (Phi) is 10.1. The second-order valence-electron chi connectivity index (χ2n) is 6.16. The molecule has 4 nitrogen and oxygen atoms in total. The molecule has 1 aromatic heterocycles. The molecule has 0 aliphatic rings. The van der Waals surface area contributed by atoms with Crippen molar-refractivity contribution in [3.63, 3.8) is 0 Å². The van der Waals surface area contributed by atoms with E-state index in [4.69, 9.17) is 0 Å². The van der Waals surface area contributed by atoms with Gasteiger partial charge in [0.05, 0.1) is 6.04 Å². The fraction of sp³-hybridized carbons (Fsp3) is 0.882. The smallest absolute Gasteiger partial charge is 0.149 e. The molecule has 21 heavy (non-hydrogen) atoms. The molecule has 0 bridgehead atoms. The molecule has 0 amide bonds. The van der Waals surface area contributed by atoms with Gasteiger partial charge in [-0.1, -0.05) is 64.7 Å². The molecule has 1 aromatic rings. The molecule has 0 aliphatic carbocycles. The Morgan fingerprint density at radius 2 is 1.57 bits per heavy atom. The van der Waals surface area contributed by atoms with Gasteiger partial charge in [-0.15, -0.1) is 10.2 Å². The van der Waals surface area contributed by atoms with Crippen molar-refractivity contribution in [2.75, 3.05) is 6.54 Å². The zero-order valence-corrected chi connectivity index (χ0v) is 14.3. The maximum Gasteiger partial charge on any atom is 0.149 e. The van der Waals surface area contributed by atoms with E-state index in [1.807, 2.05) is 11.6 Å². The van der Waals surface area contributed by atoms with Crippen molar-refractivity contribution in [1.82, 2.24) is 20.1 Å². The fourth-order valence-corrected chi connectivity index (χ4v) is 2.71. The van der Waals surface area contributed by atoms with E-state index in [0.29, 0.717) is 0 Å². The summed E-state index contributed by atoms with van der Waals surface area (Å²) in [5.74, 6) is 1.02. The molecule has 1 rings (SSSR count). The number of hydrogen-bond acceptors (Lipinski definition) is 3. The van der Waals surface area contributed by atoms with Crippen molar-refractivity contribution in [2.45, 2.75) is 84.1 Å². The summed E-state index contributed by atoms with van der Waals surface area (Å²) in [6.07, 6.45) is 15.6. The molecule has 4 heteroatoms. The van der Waals surface area contributed by atoms with E-state index in [-0.39, 0.29) is 6.04 Å². The van der Waals surface area contributed by atoms with Gasteiger partial charge in [-0.05, 0) is 19.9 Å². The van der Waals surface area contributed by atoms with Gasteiger partial charge in [-0.2, -0.15) is 0 Å². The number of rotatable bonds is 13. The molecule has 0 fully saturated rings. The van der Waals surface area contributed by atoms with Crippen LogP contribution in [0.3, 0.4) is 0 Å². The molecular weight excluding hydrogens is 260 g/mol. The zero-order valence-electron chi connectivity index (χ0n) is 14.3. The number of nitrogens with one attached hydrogen (secondary N) is 1. The topological polar surface area (TPSA) is 42.7 Å². The minimum Gasteiger partial charge on any atom is -0.319 e. The Bertz CT molecular complexity index is 348. The Labute approximate surface area is 130 Å². The lowest BCUT2D eigenvalue weighted by atomic mass is 10.1. The largest absolute Gasteiger partial charge is 0.319 e. The lowest BCUT2D eigenvalue weighted by Crippen LogP contribution is -2.22. The molecule has 0 saturated carbocycles. The van der Waals surface area contributed by atoms with Crippen LogP contribution in [0.5, 0.6) is 0 Å². The van der Waals surface area contributed by atoms with E-state index in [2.05, 4.69) is 29.4 Å². The predicted molar refractivity (Wildman–Crippen MR) is 89.3 cm³/mol. The van der Waals surface area contributed by atoms with Crippen LogP contribution in [0.25, 0.3) is 0 Å². The van der Waals surface area contributed by atoms with Crippen molar-refractivity contribution in [3.8, 4) is 0 Å². The summed E-state index contributed by atoms with van der Waals surface area (Å²) < 4.78 is 1.98. The average Bonchev–Trinajstić information content (AvgIpc) is 2.91. The van der Waals surface area contributed by atoms with E-state index in [9.17, 15) is 0 Å². The molecule has 0 spiro atoms. The molecule has 1 N–H and O–H groups in total. The van der Waals surface area contributed by atoms with Gasteiger partial charge in [0.1, 0.15) is 12.2 Å². The summed E-state index contributed by atoms with van der Waals surface area (Å²) in [6.45, 7) is 5.50. The quantitative estimate of drug-likeness (QED) is 0.549. The molecule has 1 unspecified atom stereocenters. The highest BCUT2D eigenvalue weighted by Gasteiger charge is 2.09. The molecule has 0 radical (unpaired) electrons. The highest BCUT2D eigenvalue weighted by atomic mass is 15.3. The van der Waals surface area contributed by atoms with Crippen molar-refractivity contribution >= 4 is 0 Å². The first kappa shape index (κ1) is 18.1. The van der Waals surface area contributed by atoms with Crippen LogP contribution in [0.4, 0.5) is 0 Å². The second-order valence-corrected chi connectivity index (χ2v) is 6.16.